The van der Waals surface area contributed by atoms with Crippen LogP contribution in [0.25, 0.3) is 0 Å². The molecule has 24 heavy (non-hydrogen) atoms. The third-order valence-electron chi connectivity index (χ3n) is 3.19. The predicted molar refractivity (Wildman–Crippen MR) is 85.3 cm³/mol. The van der Waals surface area contributed by atoms with E-state index in [-0.39, 0.29) is 6.54 Å². The van der Waals surface area contributed by atoms with E-state index in [4.69, 9.17) is 9.15 Å². The Balaban J connectivity index is 1.75. The molecule has 0 aliphatic heterocycles. The number of hydrogen-bond acceptors (Lipinski definition) is 5. The van der Waals surface area contributed by atoms with E-state index in [2.05, 4.69) is 10.6 Å². The molecule has 1 aromatic heterocycles. The highest BCUT2D eigenvalue weighted by atomic mass is 16.5. The van der Waals surface area contributed by atoms with Crippen molar-refractivity contribution >= 4 is 17.9 Å². The van der Waals surface area contributed by atoms with E-state index in [1.165, 1.54) is 6.26 Å². The van der Waals surface area contributed by atoms with E-state index in [1.54, 1.807) is 31.2 Å². The van der Waals surface area contributed by atoms with Crippen molar-refractivity contribution in [2.24, 2.45) is 0 Å². The number of ether oxygens (including phenoxy) is 1. The molecule has 0 aliphatic rings. The van der Waals surface area contributed by atoms with Gasteiger partial charge in [-0.3, -0.25) is 10.1 Å². The molecule has 7 nitrogen and oxygen atoms in total. The zero-order valence-electron chi connectivity index (χ0n) is 13.4. The highest BCUT2D eigenvalue weighted by Crippen LogP contribution is 2.11. The van der Waals surface area contributed by atoms with Crippen LogP contribution in [0.5, 0.6) is 0 Å². The Morgan fingerprint density at radius 2 is 1.96 bits per heavy atom. The first-order valence-electron chi connectivity index (χ1n) is 7.30. The van der Waals surface area contributed by atoms with Gasteiger partial charge in [0.15, 0.2) is 6.61 Å². The summed E-state index contributed by atoms with van der Waals surface area (Å²) in [6, 6.07) is 7.95. The smallest absolute Gasteiger partial charge is 0.338 e. The molecule has 0 radical (unpaired) electrons. The van der Waals surface area contributed by atoms with Gasteiger partial charge in [0.25, 0.3) is 5.91 Å². The van der Waals surface area contributed by atoms with Crippen molar-refractivity contribution < 1.29 is 23.5 Å². The van der Waals surface area contributed by atoms with Gasteiger partial charge in [0, 0.05) is 0 Å². The molecule has 0 bridgehead atoms. The van der Waals surface area contributed by atoms with Crippen LogP contribution in [0.1, 0.15) is 27.2 Å². The Kier molecular flexibility index (Phi) is 5.73. The first-order valence-corrected chi connectivity index (χ1v) is 7.30. The Bertz CT molecular complexity index is 737. The first kappa shape index (κ1) is 17.3. The number of nitrogens with one attached hydrogen (secondary N) is 2. The lowest BCUT2D eigenvalue weighted by Gasteiger charge is -2.08. The van der Waals surface area contributed by atoms with Crippen molar-refractivity contribution in [1.82, 2.24) is 10.6 Å². The zero-order valence-corrected chi connectivity index (χ0v) is 13.4. The Morgan fingerprint density at radius 3 is 2.62 bits per heavy atom. The normalized spacial score (nSPS) is 10.1. The summed E-state index contributed by atoms with van der Waals surface area (Å²) in [5.41, 5.74) is 2.17. The van der Waals surface area contributed by atoms with Crippen LogP contribution in [-0.2, 0) is 16.1 Å². The molecular weight excluding hydrogens is 312 g/mol. The van der Waals surface area contributed by atoms with Crippen molar-refractivity contribution in [2.75, 3.05) is 6.61 Å². The fourth-order valence-corrected chi connectivity index (χ4v) is 2.04. The van der Waals surface area contributed by atoms with Gasteiger partial charge >= 0.3 is 12.0 Å². The lowest BCUT2D eigenvalue weighted by molar-refractivity contribution is -0.123. The molecule has 2 rings (SSSR count). The maximum absolute atomic E-state index is 11.9. The molecule has 126 valence electrons. The van der Waals surface area contributed by atoms with Crippen molar-refractivity contribution in [2.45, 2.75) is 20.4 Å². The zero-order chi connectivity index (χ0) is 17.5. The van der Waals surface area contributed by atoms with Crippen LogP contribution in [0.2, 0.25) is 0 Å². The molecule has 0 fully saturated rings. The van der Waals surface area contributed by atoms with Crippen molar-refractivity contribution in [3.63, 3.8) is 0 Å². The minimum atomic E-state index is -0.718. The maximum atomic E-state index is 11.9. The van der Waals surface area contributed by atoms with Gasteiger partial charge < -0.3 is 14.5 Å². The van der Waals surface area contributed by atoms with Crippen molar-refractivity contribution in [1.29, 1.82) is 0 Å². The Morgan fingerprint density at radius 1 is 1.17 bits per heavy atom. The fraction of sp³-hybridized carbons (Fsp3) is 0.235. The Labute approximate surface area is 139 Å². The number of esters is 1. The quantitative estimate of drug-likeness (QED) is 0.818. The van der Waals surface area contributed by atoms with Crippen LogP contribution in [-0.4, -0.2) is 24.5 Å². The molecule has 0 saturated heterocycles. The standard InChI is InChI=1S/C17H18N2O5/c1-11-5-6-14(12(2)8-11)16(21)24-10-15(20)19-17(22)18-9-13-4-3-7-23-13/h3-8H,9-10H2,1-2H3,(H2,18,19,20,22). The molecule has 0 aliphatic carbocycles. The van der Waals surface area contributed by atoms with E-state index < -0.39 is 24.5 Å². The third-order valence-corrected chi connectivity index (χ3v) is 3.19. The molecule has 0 spiro atoms. The summed E-state index contributed by atoms with van der Waals surface area (Å²) in [4.78, 5) is 35.1. The highest BCUT2D eigenvalue weighted by Gasteiger charge is 2.14. The minimum Gasteiger partial charge on any atom is -0.467 e. The minimum absolute atomic E-state index is 0.147. The second kappa shape index (κ2) is 7.96. The third kappa shape index (κ3) is 4.98. The van der Waals surface area contributed by atoms with Crippen LogP contribution in [0, 0.1) is 13.8 Å². The number of imide groups is 1. The number of rotatable bonds is 5. The summed E-state index contributed by atoms with van der Waals surface area (Å²) >= 11 is 0. The number of hydrogen-bond donors (Lipinski definition) is 2. The Hall–Kier alpha value is -3.09. The van der Waals surface area contributed by atoms with Gasteiger partial charge in [0.2, 0.25) is 0 Å². The number of carbonyl (C=O) groups is 3. The molecule has 7 heteroatoms. The predicted octanol–water partition coefficient (Wildman–Crippen LogP) is 2.08. The van der Waals surface area contributed by atoms with Gasteiger partial charge in [-0.15, -0.1) is 0 Å². The summed E-state index contributed by atoms with van der Waals surface area (Å²) in [5.74, 6) is -0.775. The second-order valence-corrected chi connectivity index (χ2v) is 5.20. The number of furan rings is 1. The lowest BCUT2D eigenvalue weighted by atomic mass is 10.1. The van der Waals surface area contributed by atoms with Gasteiger partial charge in [-0.05, 0) is 37.6 Å². The van der Waals surface area contributed by atoms with Crippen molar-refractivity contribution in [3.05, 3.63) is 59.0 Å². The summed E-state index contributed by atoms with van der Waals surface area (Å²) in [5, 5.41) is 4.51. The van der Waals surface area contributed by atoms with Crippen molar-refractivity contribution in [3.8, 4) is 0 Å². The van der Waals surface area contributed by atoms with Gasteiger partial charge in [-0.25, -0.2) is 9.59 Å². The summed E-state index contributed by atoms with van der Waals surface area (Å²) < 4.78 is 9.95. The molecular formula is C17H18N2O5. The SMILES string of the molecule is Cc1ccc(C(=O)OCC(=O)NC(=O)NCc2ccco2)c(C)c1. The van der Waals surface area contributed by atoms with E-state index in [0.717, 1.165) is 11.1 Å². The van der Waals surface area contributed by atoms with Crippen LogP contribution >= 0.6 is 0 Å². The number of urea groups is 1. The lowest BCUT2D eigenvalue weighted by Crippen LogP contribution is -2.41. The molecule has 1 aromatic carbocycles. The van der Waals surface area contributed by atoms with Gasteiger partial charge in [-0.1, -0.05) is 17.7 Å². The second-order valence-electron chi connectivity index (χ2n) is 5.20. The van der Waals surface area contributed by atoms with Crippen LogP contribution in [0.4, 0.5) is 4.79 Å². The maximum Gasteiger partial charge on any atom is 0.338 e. The average Bonchev–Trinajstić information content (AvgIpc) is 3.04. The highest BCUT2D eigenvalue weighted by molar-refractivity contribution is 5.97. The van der Waals surface area contributed by atoms with Gasteiger partial charge in [0.1, 0.15) is 5.76 Å². The van der Waals surface area contributed by atoms with Crippen LogP contribution in [0.15, 0.2) is 41.0 Å². The monoisotopic (exact) mass is 330 g/mol. The molecule has 0 saturated carbocycles. The molecule has 1 heterocycles. The van der Waals surface area contributed by atoms with E-state index in [9.17, 15) is 14.4 Å². The van der Waals surface area contributed by atoms with Gasteiger partial charge in [-0.2, -0.15) is 0 Å². The topological polar surface area (TPSA) is 97.6 Å². The first-order chi connectivity index (χ1) is 11.5. The number of amides is 3. The molecule has 0 atom stereocenters. The molecule has 0 unspecified atom stereocenters. The summed E-state index contributed by atoms with van der Waals surface area (Å²) in [6.07, 6.45) is 1.48. The van der Waals surface area contributed by atoms with E-state index in [1.807, 2.05) is 13.0 Å². The molecule has 2 aromatic rings. The van der Waals surface area contributed by atoms with Crippen LogP contribution < -0.4 is 10.6 Å². The number of aryl methyl sites for hydroxylation is 2. The number of benzene rings is 1. The number of carbonyl (C=O) groups excluding carboxylic acids is 3. The fourth-order valence-electron chi connectivity index (χ4n) is 2.04. The molecule has 2 N–H and O–H groups in total. The van der Waals surface area contributed by atoms with E-state index >= 15 is 0 Å². The largest absolute Gasteiger partial charge is 0.467 e. The molecule has 3 amide bonds. The summed E-state index contributed by atoms with van der Waals surface area (Å²) in [7, 11) is 0. The van der Waals surface area contributed by atoms with E-state index in [0.29, 0.717) is 11.3 Å². The summed E-state index contributed by atoms with van der Waals surface area (Å²) in [6.45, 7) is 3.30. The average molecular weight is 330 g/mol. The van der Waals surface area contributed by atoms with Gasteiger partial charge in [0.05, 0.1) is 18.4 Å². The van der Waals surface area contributed by atoms with Crippen LogP contribution in [0.3, 0.4) is 0 Å².